The summed E-state index contributed by atoms with van der Waals surface area (Å²) in [7, 11) is -0.759. The quantitative estimate of drug-likeness (QED) is 0.513. The number of nitrogens with one attached hydrogen (secondary N) is 1. The van der Waals surface area contributed by atoms with Gasteiger partial charge in [0.05, 0.1) is 23.6 Å². The van der Waals surface area contributed by atoms with E-state index in [1.165, 1.54) is 6.07 Å². The van der Waals surface area contributed by atoms with Gasteiger partial charge < -0.3 is 9.64 Å². The highest BCUT2D eigenvalue weighted by Crippen LogP contribution is 2.30. The molecule has 0 aliphatic heterocycles. The topological polar surface area (TPSA) is 99.5 Å². The van der Waals surface area contributed by atoms with Crippen molar-refractivity contribution in [1.82, 2.24) is 9.62 Å². The molecule has 1 aliphatic carbocycles. The fourth-order valence-electron chi connectivity index (χ4n) is 4.76. The zero-order chi connectivity index (χ0) is 25.0. The van der Waals surface area contributed by atoms with Gasteiger partial charge in [-0.15, -0.1) is 0 Å². The highest BCUT2D eigenvalue weighted by molar-refractivity contribution is 7.89. The number of carbonyl (C=O) groups excluding carboxylic acids is 1. The molecule has 35 heavy (non-hydrogen) atoms. The molecule has 8 heteroatoms. The van der Waals surface area contributed by atoms with Gasteiger partial charge in [-0.1, -0.05) is 49.2 Å². The predicted octanol–water partition coefficient (Wildman–Crippen LogP) is 4.01. The minimum absolute atomic E-state index is 0.0926. The first kappa shape index (κ1) is 24.7. The van der Waals surface area contributed by atoms with Crippen LogP contribution in [0.1, 0.15) is 36.8 Å². The predicted molar refractivity (Wildman–Crippen MR) is 134 cm³/mol. The summed E-state index contributed by atoms with van der Waals surface area (Å²) in [5, 5.41) is 10.3. The number of sulfonamides is 1. The van der Waals surface area contributed by atoms with E-state index in [2.05, 4.69) is 10.8 Å². The van der Waals surface area contributed by atoms with E-state index in [0.717, 1.165) is 31.2 Å². The maximum absolute atomic E-state index is 13.6. The van der Waals surface area contributed by atoms with Gasteiger partial charge in [-0.25, -0.2) is 8.42 Å². The van der Waals surface area contributed by atoms with Gasteiger partial charge in [0, 0.05) is 23.9 Å². The zero-order valence-electron chi connectivity index (χ0n) is 19.9. The number of amides is 1. The number of hydrogen-bond acceptors (Lipinski definition) is 5. The smallest absolute Gasteiger partial charge is 0.241 e. The Kier molecular flexibility index (Phi) is 7.39. The van der Waals surface area contributed by atoms with Crippen molar-refractivity contribution in [3.63, 3.8) is 0 Å². The second-order valence-corrected chi connectivity index (χ2v) is 10.6. The molecule has 1 N–H and O–H groups in total. The number of methoxy groups -OCH3 is 1. The monoisotopic (exact) mass is 491 g/mol. The summed E-state index contributed by atoms with van der Waals surface area (Å²) in [6.07, 6.45) is 4.14. The van der Waals surface area contributed by atoms with E-state index in [9.17, 15) is 13.2 Å². The van der Waals surface area contributed by atoms with Gasteiger partial charge >= 0.3 is 0 Å². The lowest BCUT2D eigenvalue weighted by Gasteiger charge is -2.29. The summed E-state index contributed by atoms with van der Waals surface area (Å²) in [5.41, 5.74) is 1.27. The standard InChI is InChI=1S/C27H29N3O4S/c1-30(21-7-3-4-8-21)27(31)24(17-19-13-15-20(18-28)16-14-19)29-35(32,33)26-12-6-9-22-23(26)10-5-11-25(22)34-2/h5-6,9-16,21,24,29H,3-4,7-8,17H2,1-2H3. The summed E-state index contributed by atoms with van der Waals surface area (Å²) in [5.74, 6) is 0.313. The number of likely N-dealkylation sites (N-methyl/N-ethyl adjacent to an activating group) is 1. The zero-order valence-corrected chi connectivity index (χ0v) is 20.7. The molecule has 4 rings (SSSR count). The summed E-state index contributed by atoms with van der Waals surface area (Å²) >= 11 is 0. The number of fused-ring (bicyclic) bond motifs is 1. The highest BCUT2D eigenvalue weighted by atomic mass is 32.2. The molecule has 0 spiro atoms. The Morgan fingerprint density at radius 3 is 2.40 bits per heavy atom. The summed E-state index contributed by atoms with van der Waals surface area (Å²) < 4.78 is 35.4. The second-order valence-electron chi connectivity index (χ2n) is 8.89. The van der Waals surface area contributed by atoms with E-state index in [1.54, 1.807) is 73.7 Å². The maximum atomic E-state index is 13.6. The normalized spacial score (nSPS) is 15.0. The number of ether oxygens (including phenoxy) is 1. The lowest BCUT2D eigenvalue weighted by molar-refractivity contribution is -0.133. The first-order valence-electron chi connectivity index (χ1n) is 11.7. The highest BCUT2D eigenvalue weighted by Gasteiger charge is 2.32. The van der Waals surface area contributed by atoms with Crippen LogP contribution < -0.4 is 9.46 Å². The first-order chi connectivity index (χ1) is 16.8. The molecule has 1 saturated carbocycles. The number of hydrogen-bond donors (Lipinski definition) is 1. The molecule has 0 bridgehead atoms. The van der Waals surface area contributed by atoms with Crippen molar-refractivity contribution in [3.8, 4) is 11.8 Å². The van der Waals surface area contributed by atoms with Crippen LogP contribution in [0.3, 0.4) is 0 Å². The van der Waals surface area contributed by atoms with E-state index in [4.69, 9.17) is 10.00 Å². The van der Waals surface area contributed by atoms with E-state index < -0.39 is 16.1 Å². The molecule has 1 fully saturated rings. The number of benzene rings is 3. The van der Waals surface area contributed by atoms with E-state index in [-0.39, 0.29) is 23.3 Å². The second kappa shape index (κ2) is 10.5. The Bertz CT molecular complexity index is 1360. The van der Waals surface area contributed by atoms with Gasteiger partial charge in [0.2, 0.25) is 15.9 Å². The van der Waals surface area contributed by atoms with Crippen LogP contribution in [-0.4, -0.2) is 45.5 Å². The van der Waals surface area contributed by atoms with E-state index in [0.29, 0.717) is 22.1 Å². The van der Waals surface area contributed by atoms with Crippen molar-refractivity contribution < 1.29 is 17.9 Å². The van der Waals surface area contributed by atoms with Crippen molar-refractivity contribution >= 4 is 26.7 Å². The lowest BCUT2D eigenvalue weighted by atomic mass is 10.0. The molecule has 182 valence electrons. The molecule has 1 atom stereocenters. The third-order valence-corrected chi connectivity index (χ3v) is 8.22. The average molecular weight is 492 g/mol. The third kappa shape index (κ3) is 5.31. The molecule has 3 aromatic rings. The molecule has 0 saturated heterocycles. The van der Waals surface area contributed by atoms with E-state index >= 15 is 0 Å². The Hall–Kier alpha value is -3.41. The molecular formula is C27H29N3O4S. The van der Waals surface area contributed by atoms with Gasteiger partial charge in [-0.3, -0.25) is 4.79 Å². The largest absolute Gasteiger partial charge is 0.496 e. The van der Waals surface area contributed by atoms with E-state index in [1.807, 2.05) is 0 Å². The Labute approximate surface area is 206 Å². The van der Waals surface area contributed by atoms with Crippen molar-refractivity contribution in [2.75, 3.05) is 14.2 Å². The number of nitriles is 1. The lowest BCUT2D eigenvalue weighted by Crippen LogP contribution is -2.50. The third-order valence-electron chi connectivity index (χ3n) is 6.69. The van der Waals surface area contributed by atoms with Crippen LogP contribution in [0.25, 0.3) is 10.8 Å². The fourth-order valence-corrected chi connectivity index (χ4v) is 6.17. The maximum Gasteiger partial charge on any atom is 0.241 e. The van der Waals surface area contributed by atoms with Gasteiger partial charge in [0.25, 0.3) is 0 Å². The van der Waals surface area contributed by atoms with Crippen molar-refractivity contribution in [1.29, 1.82) is 5.26 Å². The molecular weight excluding hydrogens is 462 g/mol. The molecule has 0 heterocycles. The van der Waals surface area contributed by atoms with Crippen LogP contribution in [0.15, 0.2) is 65.6 Å². The first-order valence-corrected chi connectivity index (χ1v) is 13.2. The minimum atomic E-state index is -4.05. The fraction of sp³-hybridized carbons (Fsp3) is 0.333. The van der Waals surface area contributed by atoms with Crippen LogP contribution in [-0.2, 0) is 21.2 Å². The van der Waals surface area contributed by atoms with Gasteiger partial charge in [0.1, 0.15) is 11.8 Å². The SMILES string of the molecule is COc1cccc2c(S(=O)(=O)NC(Cc3ccc(C#N)cc3)C(=O)N(C)C3CCCC3)cccc12. The molecule has 1 amide bonds. The molecule has 0 aromatic heterocycles. The van der Waals surface area contributed by atoms with Crippen molar-refractivity contribution in [2.24, 2.45) is 0 Å². The van der Waals surface area contributed by atoms with Crippen molar-refractivity contribution in [2.45, 2.75) is 49.1 Å². The van der Waals surface area contributed by atoms with Crippen LogP contribution in [0.2, 0.25) is 0 Å². The van der Waals surface area contributed by atoms with Gasteiger partial charge in [0.15, 0.2) is 0 Å². The molecule has 3 aromatic carbocycles. The molecule has 7 nitrogen and oxygen atoms in total. The number of carbonyl (C=O) groups is 1. The minimum Gasteiger partial charge on any atom is -0.496 e. The van der Waals surface area contributed by atoms with Crippen molar-refractivity contribution in [3.05, 3.63) is 71.8 Å². The molecule has 1 unspecified atom stereocenters. The number of nitrogens with zero attached hydrogens (tertiary/aromatic N) is 2. The summed E-state index contributed by atoms with van der Waals surface area (Å²) in [6.45, 7) is 0. The van der Waals surface area contributed by atoms with Crippen LogP contribution in [0, 0.1) is 11.3 Å². The van der Waals surface area contributed by atoms with Crippen LogP contribution >= 0.6 is 0 Å². The molecule has 0 radical (unpaired) electrons. The van der Waals surface area contributed by atoms with Gasteiger partial charge in [-0.05, 0) is 49.1 Å². The van der Waals surface area contributed by atoms with Gasteiger partial charge in [-0.2, -0.15) is 9.98 Å². The Balaban J connectivity index is 1.69. The Morgan fingerprint density at radius 1 is 1.09 bits per heavy atom. The summed E-state index contributed by atoms with van der Waals surface area (Å²) in [6, 6.07) is 18.3. The Morgan fingerprint density at radius 2 is 1.74 bits per heavy atom. The number of rotatable bonds is 8. The van der Waals surface area contributed by atoms with Crippen LogP contribution in [0.5, 0.6) is 5.75 Å². The average Bonchev–Trinajstić information content (AvgIpc) is 3.42. The summed E-state index contributed by atoms with van der Waals surface area (Å²) in [4.78, 5) is 15.3. The van der Waals surface area contributed by atoms with Crippen LogP contribution in [0.4, 0.5) is 0 Å². The molecule has 1 aliphatic rings.